The first kappa shape index (κ1) is 16.8. The summed E-state index contributed by atoms with van der Waals surface area (Å²) < 4.78 is 0. The van der Waals surface area contributed by atoms with Crippen LogP contribution in [0, 0.1) is 10.1 Å². The molecular formula is C13H17N3O4S2. The van der Waals surface area contributed by atoms with Gasteiger partial charge in [-0.2, -0.15) is 0 Å². The first-order valence-electron chi connectivity index (χ1n) is 6.64. The summed E-state index contributed by atoms with van der Waals surface area (Å²) in [4.78, 5) is 36.7. The van der Waals surface area contributed by atoms with Crippen molar-refractivity contribution in [2.45, 2.75) is 32.4 Å². The van der Waals surface area contributed by atoms with E-state index in [9.17, 15) is 19.7 Å². The fourth-order valence-electron chi connectivity index (χ4n) is 2.00. The molecule has 1 saturated heterocycles. The van der Waals surface area contributed by atoms with E-state index in [2.05, 4.69) is 5.32 Å². The van der Waals surface area contributed by atoms with Gasteiger partial charge in [-0.1, -0.05) is 11.3 Å². The molecule has 0 aliphatic carbocycles. The fourth-order valence-corrected chi connectivity index (χ4v) is 3.93. The van der Waals surface area contributed by atoms with Crippen LogP contribution in [0.15, 0.2) is 12.1 Å². The number of rotatable bonds is 3. The van der Waals surface area contributed by atoms with Crippen LogP contribution < -0.4 is 5.32 Å². The number of hydrogen-bond acceptors (Lipinski definition) is 6. The SMILES string of the molecule is CC(C)(C)NC(=O)C1CSCN1C(=O)c1ccc([N+](=O)[O-])s1. The summed E-state index contributed by atoms with van der Waals surface area (Å²) in [6.45, 7) is 5.63. The highest BCUT2D eigenvalue weighted by molar-refractivity contribution is 7.99. The Kier molecular flexibility index (Phi) is 4.76. The number of thioether (sulfide) groups is 1. The van der Waals surface area contributed by atoms with Crippen LogP contribution in [0.4, 0.5) is 5.00 Å². The number of carbonyl (C=O) groups is 2. The van der Waals surface area contributed by atoms with Gasteiger partial charge in [0.15, 0.2) is 0 Å². The molecule has 0 radical (unpaired) electrons. The number of nitro groups is 1. The Hall–Kier alpha value is -1.61. The largest absolute Gasteiger partial charge is 0.350 e. The molecule has 2 amide bonds. The van der Waals surface area contributed by atoms with Crippen molar-refractivity contribution in [3.8, 4) is 0 Å². The molecule has 1 aliphatic heterocycles. The summed E-state index contributed by atoms with van der Waals surface area (Å²) in [7, 11) is 0. The molecule has 1 aliphatic rings. The minimum absolute atomic E-state index is 0.0779. The molecule has 0 aromatic carbocycles. The Bertz CT molecular complexity index is 609. The van der Waals surface area contributed by atoms with Gasteiger partial charge in [0.1, 0.15) is 6.04 Å². The summed E-state index contributed by atoms with van der Waals surface area (Å²) in [5.74, 6) is 0.405. The normalized spacial score (nSPS) is 18.3. The fraction of sp³-hybridized carbons (Fsp3) is 0.538. The third kappa shape index (κ3) is 3.77. The Morgan fingerprint density at radius 1 is 1.41 bits per heavy atom. The van der Waals surface area contributed by atoms with E-state index in [4.69, 9.17) is 0 Å². The molecule has 9 heteroatoms. The molecule has 0 spiro atoms. The highest BCUT2D eigenvalue weighted by Crippen LogP contribution is 2.29. The molecule has 2 heterocycles. The lowest BCUT2D eigenvalue weighted by molar-refractivity contribution is -0.380. The molecule has 1 atom stereocenters. The molecule has 22 heavy (non-hydrogen) atoms. The Morgan fingerprint density at radius 3 is 2.64 bits per heavy atom. The van der Waals surface area contributed by atoms with Crippen molar-refractivity contribution >= 4 is 39.9 Å². The van der Waals surface area contributed by atoms with Gasteiger partial charge < -0.3 is 10.2 Å². The van der Waals surface area contributed by atoms with Crippen LogP contribution in [0.2, 0.25) is 0 Å². The minimum Gasteiger partial charge on any atom is -0.350 e. The van der Waals surface area contributed by atoms with Crippen LogP contribution in [0.3, 0.4) is 0 Å². The first-order chi connectivity index (χ1) is 10.2. The summed E-state index contributed by atoms with van der Waals surface area (Å²) >= 11 is 2.33. The highest BCUT2D eigenvalue weighted by atomic mass is 32.2. The average Bonchev–Trinajstić information content (AvgIpc) is 3.05. The maximum absolute atomic E-state index is 12.5. The lowest BCUT2D eigenvalue weighted by atomic mass is 10.1. The first-order valence-corrected chi connectivity index (χ1v) is 8.61. The summed E-state index contributed by atoms with van der Waals surface area (Å²) in [6.07, 6.45) is 0. The quantitative estimate of drug-likeness (QED) is 0.670. The van der Waals surface area contributed by atoms with Gasteiger partial charge in [-0.25, -0.2) is 0 Å². The van der Waals surface area contributed by atoms with E-state index >= 15 is 0 Å². The number of thiophene rings is 1. The van der Waals surface area contributed by atoms with E-state index in [1.165, 1.54) is 28.8 Å². The monoisotopic (exact) mass is 343 g/mol. The summed E-state index contributed by atoms with van der Waals surface area (Å²) in [6, 6.07) is 2.20. The van der Waals surface area contributed by atoms with E-state index in [0.717, 1.165) is 11.3 Å². The molecule has 2 rings (SSSR count). The van der Waals surface area contributed by atoms with Crippen molar-refractivity contribution in [2.75, 3.05) is 11.6 Å². The zero-order chi connectivity index (χ0) is 16.5. The molecule has 0 saturated carbocycles. The second kappa shape index (κ2) is 6.25. The summed E-state index contributed by atoms with van der Waals surface area (Å²) in [5, 5.41) is 13.5. The minimum atomic E-state index is -0.544. The van der Waals surface area contributed by atoms with E-state index in [1.54, 1.807) is 0 Å². The molecule has 1 aromatic heterocycles. The van der Waals surface area contributed by atoms with Gasteiger partial charge in [0.2, 0.25) is 5.91 Å². The van der Waals surface area contributed by atoms with Gasteiger partial charge >= 0.3 is 5.00 Å². The van der Waals surface area contributed by atoms with Crippen molar-refractivity contribution in [3.05, 3.63) is 27.1 Å². The lowest BCUT2D eigenvalue weighted by Crippen LogP contribution is -2.52. The van der Waals surface area contributed by atoms with Gasteiger partial charge in [-0.15, -0.1) is 11.8 Å². The molecule has 0 bridgehead atoms. The van der Waals surface area contributed by atoms with E-state index < -0.39 is 11.0 Å². The third-order valence-corrected chi connectivity index (χ3v) is 4.96. The van der Waals surface area contributed by atoms with E-state index in [1.807, 2.05) is 20.8 Å². The van der Waals surface area contributed by atoms with Gasteiger partial charge in [0.05, 0.1) is 15.7 Å². The second-order valence-corrected chi connectivity index (χ2v) is 7.99. The smallest absolute Gasteiger partial charge is 0.324 e. The van der Waals surface area contributed by atoms with Crippen LogP contribution in [0.5, 0.6) is 0 Å². The molecular weight excluding hydrogens is 326 g/mol. The third-order valence-electron chi connectivity index (χ3n) is 2.93. The van der Waals surface area contributed by atoms with Crippen molar-refractivity contribution in [3.63, 3.8) is 0 Å². The van der Waals surface area contributed by atoms with Crippen LogP contribution in [-0.4, -0.2) is 44.8 Å². The standard InChI is InChI=1S/C13H17N3O4S2/c1-13(2,3)14-11(17)8-6-21-7-15(8)12(18)9-4-5-10(22-9)16(19)20/h4-5,8H,6-7H2,1-3H3,(H,14,17). The van der Waals surface area contributed by atoms with Gasteiger partial charge in [0.25, 0.3) is 5.91 Å². The predicted octanol–water partition coefficient (Wildman–Crippen LogP) is 2.09. The van der Waals surface area contributed by atoms with E-state index in [-0.39, 0.29) is 27.2 Å². The van der Waals surface area contributed by atoms with Gasteiger partial charge in [0, 0.05) is 17.4 Å². The average molecular weight is 343 g/mol. The van der Waals surface area contributed by atoms with Crippen LogP contribution in [0.25, 0.3) is 0 Å². The van der Waals surface area contributed by atoms with Crippen molar-refractivity contribution in [2.24, 2.45) is 0 Å². The zero-order valence-electron chi connectivity index (χ0n) is 12.5. The highest BCUT2D eigenvalue weighted by Gasteiger charge is 2.37. The molecule has 120 valence electrons. The summed E-state index contributed by atoms with van der Waals surface area (Å²) in [5.41, 5.74) is -0.374. The Morgan fingerprint density at radius 2 is 2.09 bits per heavy atom. The number of carbonyl (C=O) groups excluding carboxylic acids is 2. The molecule has 1 unspecified atom stereocenters. The molecule has 7 nitrogen and oxygen atoms in total. The second-order valence-electron chi connectivity index (χ2n) is 5.92. The molecule has 1 fully saturated rings. The number of nitrogens with one attached hydrogen (secondary N) is 1. The Balaban J connectivity index is 2.14. The molecule has 1 N–H and O–H groups in total. The number of hydrogen-bond donors (Lipinski definition) is 1. The lowest BCUT2D eigenvalue weighted by Gasteiger charge is -2.27. The van der Waals surface area contributed by atoms with Crippen LogP contribution >= 0.6 is 23.1 Å². The predicted molar refractivity (Wildman–Crippen MR) is 86.2 cm³/mol. The maximum atomic E-state index is 12.5. The van der Waals surface area contributed by atoms with Crippen LogP contribution in [0.1, 0.15) is 30.4 Å². The topological polar surface area (TPSA) is 92.6 Å². The number of nitrogens with zero attached hydrogens (tertiary/aromatic N) is 2. The van der Waals surface area contributed by atoms with Crippen LogP contribution in [-0.2, 0) is 4.79 Å². The van der Waals surface area contributed by atoms with Gasteiger partial charge in [-0.05, 0) is 26.8 Å². The zero-order valence-corrected chi connectivity index (χ0v) is 14.1. The van der Waals surface area contributed by atoms with Crippen molar-refractivity contribution in [1.29, 1.82) is 0 Å². The Labute approximate surface area is 136 Å². The number of amides is 2. The maximum Gasteiger partial charge on any atom is 0.324 e. The van der Waals surface area contributed by atoms with Crippen molar-refractivity contribution in [1.82, 2.24) is 10.2 Å². The van der Waals surface area contributed by atoms with Crippen molar-refractivity contribution < 1.29 is 14.5 Å². The molecule has 1 aromatic rings. The van der Waals surface area contributed by atoms with E-state index in [0.29, 0.717) is 11.6 Å². The van der Waals surface area contributed by atoms with Gasteiger partial charge in [-0.3, -0.25) is 19.7 Å².